The summed E-state index contributed by atoms with van der Waals surface area (Å²) in [5.74, 6) is 0. The standard InChI is InChI=1S/C21H14F3N3/c22-21(23,24)16-2-1-3-17(13-16)27-20-8-11-26-19-5-4-15(12-18(19)20)14-6-9-25-10-7-14/h1-13H,(H,26,27). The first-order chi connectivity index (χ1) is 13.0. The Morgan fingerprint density at radius 1 is 0.778 bits per heavy atom. The zero-order valence-electron chi connectivity index (χ0n) is 14.0. The summed E-state index contributed by atoms with van der Waals surface area (Å²) in [5, 5.41) is 3.91. The lowest BCUT2D eigenvalue weighted by Crippen LogP contribution is -2.05. The molecule has 134 valence electrons. The molecule has 0 saturated heterocycles. The van der Waals surface area contributed by atoms with Crippen molar-refractivity contribution in [1.29, 1.82) is 0 Å². The number of fused-ring (bicyclic) bond motifs is 1. The van der Waals surface area contributed by atoms with Gasteiger partial charge in [-0.25, -0.2) is 0 Å². The van der Waals surface area contributed by atoms with Crippen LogP contribution in [0.2, 0.25) is 0 Å². The van der Waals surface area contributed by atoms with Gasteiger partial charge in [0.25, 0.3) is 0 Å². The molecule has 0 aliphatic rings. The van der Waals surface area contributed by atoms with E-state index >= 15 is 0 Å². The molecule has 2 heterocycles. The van der Waals surface area contributed by atoms with Crippen molar-refractivity contribution in [3.05, 3.63) is 84.8 Å². The minimum absolute atomic E-state index is 0.367. The zero-order valence-corrected chi connectivity index (χ0v) is 14.0. The summed E-state index contributed by atoms with van der Waals surface area (Å²) in [6, 6.07) is 16.5. The van der Waals surface area contributed by atoms with Crippen molar-refractivity contribution in [3.63, 3.8) is 0 Å². The van der Waals surface area contributed by atoms with Crippen molar-refractivity contribution in [1.82, 2.24) is 9.97 Å². The van der Waals surface area contributed by atoms with Crippen LogP contribution in [0.3, 0.4) is 0 Å². The van der Waals surface area contributed by atoms with Gasteiger partial charge >= 0.3 is 6.18 Å². The molecule has 0 fully saturated rings. The average Bonchev–Trinajstić information content (AvgIpc) is 2.68. The van der Waals surface area contributed by atoms with E-state index in [9.17, 15) is 13.2 Å². The Morgan fingerprint density at radius 3 is 2.37 bits per heavy atom. The summed E-state index contributed by atoms with van der Waals surface area (Å²) in [7, 11) is 0. The topological polar surface area (TPSA) is 37.8 Å². The van der Waals surface area contributed by atoms with Crippen LogP contribution >= 0.6 is 0 Å². The Kier molecular flexibility index (Phi) is 4.24. The van der Waals surface area contributed by atoms with Crippen LogP contribution in [-0.2, 0) is 6.18 Å². The van der Waals surface area contributed by atoms with Crippen LogP contribution in [0.4, 0.5) is 24.5 Å². The molecule has 3 nitrogen and oxygen atoms in total. The number of nitrogens with zero attached hydrogens (tertiary/aromatic N) is 2. The molecule has 2 aromatic heterocycles. The SMILES string of the molecule is FC(F)(F)c1cccc(Nc2ccnc3ccc(-c4ccncc4)cc23)c1. The van der Waals surface area contributed by atoms with E-state index in [0.29, 0.717) is 11.4 Å². The molecule has 4 aromatic rings. The lowest BCUT2D eigenvalue weighted by Gasteiger charge is -2.13. The van der Waals surface area contributed by atoms with Gasteiger partial charge in [-0.2, -0.15) is 13.2 Å². The van der Waals surface area contributed by atoms with E-state index in [1.807, 2.05) is 30.3 Å². The molecule has 0 radical (unpaired) electrons. The average molecular weight is 365 g/mol. The summed E-state index contributed by atoms with van der Waals surface area (Å²) in [6.45, 7) is 0. The molecule has 0 aliphatic carbocycles. The van der Waals surface area contributed by atoms with Crippen LogP contribution in [-0.4, -0.2) is 9.97 Å². The maximum Gasteiger partial charge on any atom is 0.416 e. The molecular formula is C21H14F3N3. The minimum atomic E-state index is -4.38. The largest absolute Gasteiger partial charge is 0.416 e. The second-order valence-corrected chi connectivity index (χ2v) is 6.03. The predicted molar refractivity (Wildman–Crippen MR) is 99.7 cm³/mol. The Hall–Kier alpha value is -3.41. The number of alkyl halides is 3. The molecule has 2 aromatic carbocycles. The molecule has 0 amide bonds. The fourth-order valence-corrected chi connectivity index (χ4v) is 2.91. The Morgan fingerprint density at radius 2 is 1.59 bits per heavy atom. The van der Waals surface area contributed by atoms with Crippen LogP contribution in [0.15, 0.2) is 79.3 Å². The van der Waals surface area contributed by atoms with Gasteiger partial charge in [-0.1, -0.05) is 12.1 Å². The predicted octanol–water partition coefficient (Wildman–Crippen LogP) is 6.06. The summed E-state index contributed by atoms with van der Waals surface area (Å²) in [6.07, 6.45) is 0.673. The van der Waals surface area contributed by atoms with Crippen molar-refractivity contribution < 1.29 is 13.2 Å². The van der Waals surface area contributed by atoms with Crippen molar-refractivity contribution >= 4 is 22.3 Å². The van der Waals surface area contributed by atoms with Gasteiger partial charge in [-0.05, 0) is 59.7 Å². The number of aromatic nitrogens is 2. The monoisotopic (exact) mass is 365 g/mol. The Balaban J connectivity index is 1.76. The molecule has 1 N–H and O–H groups in total. The molecule has 6 heteroatoms. The van der Waals surface area contributed by atoms with Gasteiger partial charge < -0.3 is 5.32 Å². The smallest absolute Gasteiger partial charge is 0.355 e. The highest BCUT2D eigenvalue weighted by molar-refractivity contribution is 5.95. The zero-order chi connectivity index (χ0) is 18.9. The first-order valence-electron chi connectivity index (χ1n) is 8.24. The van der Waals surface area contributed by atoms with Gasteiger partial charge in [-0.15, -0.1) is 0 Å². The Labute approximate surface area is 153 Å². The molecule has 0 unspecified atom stereocenters. The van der Waals surface area contributed by atoms with Crippen LogP contribution < -0.4 is 5.32 Å². The summed E-state index contributed by atoms with van der Waals surface area (Å²) in [5.41, 5.74) is 3.10. The minimum Gasteiger partial charge on any atom is -0.355 e. The number of rotatable bonds is 3. The molecular weight excluding hydrogens is 351 g/mol. The van der Waals surface area contributed by atoms with Gasteiger partial charge in [0.2, 0.25) is 0 Å². The second kappa shape index (κ2) is 6.72. The number of hydrogen-bond donors (Lipinski definition) is 1. The molecule has 0 spiro atoms. The lowest BCUT2D eigenvalue weighted by atomic mass is 10.0. The first-order valence-corrected chi connectivity index (χ1v) is 8.24. The number of benzene rings is 2. The molecule has 0 aliphatic heterocycles. The van der Waals surface area contributed by atoms with Crippen LogP contribution in [0.1, 0.15) is 5.56 Å². The maximum atomic E-state index is 13.0. The van der Waals surface area contributed by atoms with E-state index < -0.39 is 11.7 Å². The molecule has 0 atom stereocenters. The third-order valence-corrected chi connectivity index (χ3v) is 4.22. The maximum absolute atomic E-state index is 13.0. The van der Waals surface area contributed by atoms with Gasteiger partial charge in [0.1, 0.15) is 0 Å². The fourth-order valence-electron chi connectivity index (χ4n) is 2.91. The van der Waals surface area contributed by atoms with E-state index in [0.717, 1.165) is 34.2 Å². The molecule has 0 bridgehead atoms. The molecule has 4 rings (SSSR count). The van der Waals surface area contributed by atoms with E-state index in [4.69, 9.17) is 0 Å². The van der Waals surface area contributed by atoms with Crippen molar-refractivity contribution in [3.8, 4) is 11.1 Å². The molecule has 0 saturated carbocycles. The van der Waals surface area contributed by atoms with E-state index in [1.165, 1.54) is 6.07 Å². The van der Waals surface area contributed by atoms with Gasteiger partial charge in [0.15, 0.2) is 0 Å². The Bertz CT molecular complexity index is 1090. The normalized spacial score (nSPS) is 11.5. The second-order valence-electron chi connectivity index (χ2n) is 6.03. The van der Waals surface area contributed by atoms with Gasteiger partial charge in [0.05, 0.1) is 11.1 Å². The summed E-state index contributed by atoms with van der Waals surface area (Å²) < 4.78 is 38.9. The number of halogens is 3. The highest BCUT2D eigenvalue weighted by Gasteiger charge is 2.30. The van der Waals surface area contributed by atoms with Crippen molar-refractivity contribution in [2.75, 3.05) is 5.32 Å². The van der Waals surface area contributed by atoms with Crippen LogP contribution in [0.5, 0.6) is 0 Å². The highest BCUT2D eigenvalue weighted by atomic mass is 19.4. The summed E-state index contributed by atoms with van der Waals surface area (Å²) >= 11 is 0. The van der Waals surface area contributed by atoms with Gasteiger partial charge in [0, 0.05) is 35.4 Å². The third kappa shape index (κ3) is 3.60. The number of hydrogen-bond acceptors (Lipinski definition) is 3. The molecule has 27 heavy (non-hydrogen) atoms. The fraction of sp³-hybridized carbons (Fsp3) is 0.0476. The van der Waals surface area contributed by atoms with Gasteiger partial charge in [-0.3, -0.25) is 9.97 Å². The van der Waals surface area contributed by atoms with Crippen LogP contribution in [0, 0.1) is 0 Å². The lowest BCUT2D eigenvalue weighted by molar-refractivity contribution is -0.137. The van der Waals surface area contributed by atoms with Crippen molar-refractivity contribution in [2.24, 2.45) is 0 Å². The first kappa shape index (κ1) is 17.0. The third-order valence-electron chi connectivity index (χ3n) is 4.22. The van der Waals surface area contributed by atoms with E-state index in [2.05, 4.69) is 15.3 Å². The van der Waals surface area contributed by atoms with E-state index in [-0.39, 0.29) is 0 Å². The van der Waals surface area contributed by atoms with E-state index in [1.54, 1.807) is 30.7 Å². The highest BCUT2D eigenvalue weighted by Crippen LogP contribution is 2.33. The number of pyridine rings is 2. The van der Waals surface area contributed by atoms with Crippen LogP contribution in [0.25, 0.3) is 22.0 Å². The number of anilines is 2. The number of nitrogens with one attached hydrogen (secondary N) is 1. The summed E-state index contributed by atoms with van der Waals surface area (Å²) in [4.78, 5) is 8.36. The quantitative estimate of drug-likeness (QED) is 0.480. The van der Waals surface area contributed by atoms with Crippen molar-refractivity contribution in [2.45, 2.75) is 6.18 Å².